The first kappa shape index (κ1) is 26.8. The molecule has 0 fully saturated rings. The number of ether oxygens (including phenoxy) is 1. The van der Waals surface area contributed by atoms with Gasteiger partial charge in [0, 0.05) is 40.3 Å². The van der Waals surface area contributed by atoms with Gasteiger partial charge in [0.1, 0.15) is 29.0 Å². The Balaban J connectivity index is 1.55. The number of nitrogens with one attached hydrogen (secondary N) is 1. The highest BCUT2D eigenvalue weighted by atomic mass is 35.5. The number of hydrogen-bond acceptors (Lipinski definition) is 4. The average Bonchev–Trinajstić information content (AvgIpc) is 2.86. The van der Waals surface area contributed by atoms with Gasteiger partial charge in [-0.25, -0.2) is 17.6 Å². The zero-order valence-corrected chi connectivity index (χ0v) is 21.1. The molecule has 5 nitrogen and oxygen atoms in total. The zero-order chi connectivity index (χ0) is 26.7. The Morgan fingerprint density at radius 3 is 2.49 bits per heavy atom. The van der Waals surface area contributed by atoms with Crippen LogP contribution in [0.1, 0.15) is 34.8 Å². The minimum absolute atomic E-state index is 0.0509. The van der Waals surface area contributed by atoms with Crippen molar-refractivity contribution in [2.45, 2.75) is 31.3 Å². The van der Waals surface area contributed by atoms with Gasteiger partial charge in [-0.2, -0.15) is 0 Å². The summed E-state index contributed by atoms with van der Waals surface area (Å²) in [4.78, 5) is 27.3. The highest BCUT2D eigenvalue weighted by Crippen LogP contribution is 2.39. The number of halogens is 5. The van der Waals surface area contributed by atoms with Crippen molar-refractivity contribution in [2.24, 2.45) is 0 Å². The number of thioether (sulfide) groups is 1. The second-order valence-electron chi connectivity index (χ2n) is 8.17. The highest BCUT2D eigenvalue weighted by molar-refractivity contribution is 8.00. The largest absolute Gasteiger partial charge is 0.492 e. The molecule has 0 bridgehead atoms. The van der Waals surface area contributed by atoms with E-state index in [1.54, 1.807) is 0 Å². The van der Waals surface area contributed by atoms with Crippen molar-refractivity contribution in [2.75, 3.05) is 17.3 Å². The molecule has 1 N–H and O–H groups in total. The van der Waals surface area contributed by atoms with Gasteiger partial charge in [0.15, 0.2) is 0 Å². The third-order valence-electron chi connectivity index (χ3n) is 5.63. The Hall–Kier alpha value is -3.24. The maximum atomic E-state index is 14.7. The van der Waals surface area contributed by atoms with Gasteiger partial charge < -0.3 is 15.0 Å². The molecule has 11 heteroatoms. The molecule has 4 rings (SSSR count). The Morgan fingerprint density at radius 2 is 1.78 bits per heavy atom. The van der Waals surface area contributed by atoms with Gasteiger partial charge in [-0.15, -0.1) is 11.8 Å². The van der Waals surface area contributed by atoms with Crippen LogP contribution in [-0.4, -0.2) is 24.2 Å². The predicted octanol–water partition coefficient (Wildman–Crippen LogP) is 6.25. The van der Waals surface area contributed by atoms with Crippen molar-refractivity contribution in [1.29, 1.82) is 0 Å². The van der Waals surface area contributed by atoms with Crippen molar-refractivity contribution >= 4 is 40.9 Å². The first-order valence-electron chi connectivity index (χ1n) is 11.3. The van der Waals surface area contributed by atoms with Crippen LogP contribution in [0, 0.1) is 23.3 Å². The predicted molar refractivity (Wildman–Crippen MR) is 133 cm³/mol. The number of hydrogen-bond donors (Lipinski definition) is 1. The van der Waals surface area contributed by atoms with E-state index < -0.39 is 41.3 Å². The van der Waals surface area contributed by atoms with Crippen molar-refractivity contribution in [3.63, 3.8) is 0 Å². The third-order valence-corrected chi connectivity index (χ3v) is 7.07. The van der Waals surface area contributed by atoms with Gasteiger partial charge in [-0.1, -0.05) is 18.5 Å². The van der Waals surface area contributed by atoms with Crippen LogP contribution in [0.4, 0.5) is 23.2 Å². The molecule has 0 atom stereocenters. The SMILES string of the molecule is CCCOc1ccc(F)c(CN2C(=O)CSc3cc(C(=O)NCc4c(F)cc(F)cc4F)ccc32)c1Cl. The quantitative estimate of drug-likeness (QED) is 0.335. The van der Waals surface area contributed by atoms with Crippen LogP contribution in [0.2, 0.25) is 5.02 Å². The summed E-state index contributed by atoms with van der Waals surface area (Å²) in [6.45, 7) is 1.69. The van der Waals surface area contributed by atoms with Crippen LogP contribution in [0.5, 0.6) is 5.75 Å². The molecule has 194 valence electrons. The van der Waals surface area contributed by atoms with Gasteiger partial charge in [-0.05, 0) is 36.8 Å². The van der Waals surface area contributed by atoms with E-state index in [4.69, 9.17) is 16.3 Å². The van der Waals surface area contributed by atoms with Crippen LogP contribution >= 0.6 is 23.4 Å². The molecule has 1 aliphatic rings. The van der Waals surface area contributed by atoms with E-state index >= 15 is 0 Å². The molecule has 0 aromatic heterocycles. The molecule has 2 amide bonds. The van der Waals surface area contributed by atoms with E-state index in [0.29, 0.717) is 35.1 Å². The topological polar surface area (TPSA) is 58.6 Å². The second-order valence-corrected chi connectivity index (χ2v) is 9.56. The number of anilines is 1. The lowest BCUT2D eigenvalue weighted by Gasteiger charge is -2.30. The lowest BCUT2D eigenvalue weighted by Crippen LogP contribution is -2.35. The van der Waals surface area contributed by atoms with Crippen LogP contribution in [-0.2, 0) is 17.9 Å². The number of rotatable bonds is 8. The summed E-state index contributed by atoms with van der Waals surface area (Å²) >= 11 is 7.59. The molecule has 1 aliphatic heterocycles. The van der Waals surface area contributed by atoms with Gasteiger partial charge in [0.2, 0.25) is 5.91 Å². The average molecular weight is 553 g/mol. The van der Waals surface area contributed by atoms with E-state index in [-0.39, 0.29) is 34.4 Å². The van der Waals surface area contributed by atoms with E-state index in [9.17, 15) is 27.2 Å². The molecule has 0 radical (unpaired) electrons. The van der Waals surface area contributed by atoms with E-state index in [2.05, 4.69) is 5.32 Å². The molecule has 0 spiro atoms. The molecule has 0 unspecified atom stereocenters. The number of amides is 2. The molecular weight excluding hydrogens is 532 g/mol. The van der Waals surface area contributed by atoms with Crippen molar-refractivity contribution in [3.05, 3.63) is 87.4 Å². The van der Waals surface area contributed by atoms with Crippen molar-refractivity contribution < 1.29 is 31.9 Å². The fourth-order valence-corrected chi connectivity index (χ4v) is 4.97. The monoisotopic (exact) mass is 552 g/mol. The third kappa shape index (κ3) is 5.86. The number of fused-ring (bicyclic) bond motifs is 1. The number of nitrogens with zero attached hydrogens (tertiary/aromatic N) is 1. The number of carbonyl (C=O) groups is 2. The van der Waals surface area contributed by atoms with Gasteiger partial charge in [0.25, 0.3) is 5.91 Å². The Labute approximate surface area is 219 Å². The van der Waals surface area contributed by atoms with Crippen molar-refractivity contribution in [1.82, 2.24) is 5.32 Å². The van der Waals surface area contributed by atoms with Gasteiger partial charge in [0.05, 0.1) is 29.6 Å². The molecule has 3 aromatic carbocycles. The van der Waals surface area contributed by atoms with E-state index in [1.165, 1.54) is 47.0 Å². The molecule has 0 aliphatic carbocycles. The van der Waals surface area contributed by atoms with Crippen LogP contribution < -0.4 is 15.0 Å². The molecule has 0 saturated heterocycles. The van der Waals surface area contributed by atoms with Gasteiger partial charge in [-0.3, -0.25) is 9.59 Å². The molecule has 3 aromatic rings. The van der Waals surface area contributed by atoms with Crippen LogP contribution in [0.25, 0.3) is 0 Å². The van der Waals surface area contributed by atoms with Crippen LogP contribution in [0.15, 0.2) is 47.4 Å². The van der Waals surface area contributed by atoms with Crippen LogP contribution in [0.3, 0.4) is 0 Å². The summed E-state index contributed by atoms with van der Waals surface area (Å²) in [5.74, 6) is -4.38. The summed E-state index contributed by atoms with van der Waals surface area (Å²) in [6, 6.07) is 8.25. The molecule has 37 heavy (non-hydrogen) atoms. The Morgan fingerprint density at radius 1 is 1.05 bits per heavy atom. The number of benzene rings is 3. The Kier molecular flexibility index (Phi) is 8.29. The smallest absolute Gasteiger partial charge is 0.251 e. The fourth-order valence-electron chi connectivity index (χ4n) is 3.73. The van der Waals surface area contributed by atoms with Gasteiger partial charge >= 0.3 is 0 Å². The lowest BCUT2D eigenvalue weighted by atomic mass is 10.1. The highest BCUT2D eigenvalue weighted by Gasteiger charge is 2.28. The second kappa shape index (κ2) is 11.4. The molecular formula is C26H21ClF4N2O3S. The fraction of sp³-hybridized carbons (Fsp3) is 0.231. The summed E-state index contributed by atoms with van der Waals surface area (Å²) < 4.78 is 61.1. The number of carbonyl (C=O) groups excluding carboxylic acids is 2. The summed E-state index contributed by atoms with van der Waals surface area (Å²) in [7, 11) is 0. The minimum Gasteiger partial charge on any atom is -0.492 e. The first-order valence-corrected chi connectivity index (χ1v) is 12.6. The van der Waals surface area contributed by atoms with Crippen molar-refractivity contribution in [3.8, 4) is 5.75 Å². The van der Waals surface area contributed by atoms with E-state index in [0.717, 1.165) is 6.42 Å². The minimum atomic E-state index is -1.11. The lowest BCUT2D eigenvalue weighted by molar-refractivity contribution is -0.116. The maximum absolute atomic E-state index is 14.7. The molecule has 1 heterocycles. The van der Waals surface area contributed by atoms with E-state index in [1.807, 2.05) is 6.92 Å². The summed E-state index contributed by atoms with van der Waals surface area (Å²) in [5, 5.41) is 2.49. The summed E-state index contributed by atoms with van der Waals surface area (Å²) in [5.41, 5.74) is 0.279. The Bertz CT molecular complexity index is 1350. The first-order chi connectivity index (χ1) is 17.7. The summed E-state index contributed by atoms with van der Waals surface area (Å²) in [6.07, 6.45) is 0.738. The zero-order valence-electron chi connectivity index (χ0n) is 19.5. The standard InChI is InChI=1S/C26H21ClF4N2O3S/c1-2-7-36-22-6-4-18(29)17(25(22)27)12-33-21-5-3-14(8-23(21)37-13-24(33)34)26(35)32-11-16-19(30)9-15(28)10-20(16)31/h3-6,8-10H,2,7,11-13H2,1H3,(H,32,35). The normalized spacial score (nSPS) is 12.9. The molecule has 0 saturated carbocycles. The maximum Gasteiger partial charge on any atom is 0.251 e.